The van der Waals surface area contributed by atoms with Crippen LogP contribution < -0.4 is 10.5 Å². The van der Waals surface area contributed by atoms with Gasteiger partial charge in [0.2, 0.25) is 0 Å². The zero-order valence-corrected chi connectivity index (χ0v) is 9.07. The Kier molecular flexibility index (Phi) is 4.77. The van der Waals surface area contributed by atoms with Gasteiger partial charge >= 0.3 is 6.36 Å². The fourth-order valence-electron chi connectivity index (χ4n) is 1.43. The maximum atomic E-state index is 12.0. The van der Waals surface area contributed by atoms with Crippen LogP contribution in [-0.4, -0.2) is 24.6 Å². The topological polar surface area (TPSA) is 55.5 Å². The molecule has 6 heteroatoms. The zero-order valence-electron chi connectivity index (χ0n) is 9.07. The highest BCUT2D eigenvalue weighted by atomic mass is 19.4. The first-order chi connectivity index (χ1) is 7.94. The van der Waals surface area contributed by atoms with Crippen molar-refractivity contribution in [2.45, 2.75) is 12.8 Å². The summed E-state index contributed by atoms with van der Waals surface area (Å²) >= 11 is 0. The quantitative estimate of drug-likeness (QED) is 0.835. The molecule has 0 unspecified atom stereocenters. The Morgan fingerprint density at radius 1 is 1.35 bits per heavy atom. The molecule has 1 rings (SSSR count). The van der Waals surface area contributed by atoms with Crippen molar-refractivity contribution < 1.29 is 23.0 Å². The van der Waals surface area contributed by atoms with Crippen LogP contribution in [0.1, 0.15) is 5.56 Å². The molecule has 96 valence electrons. The second-order valence-corrected chi connectivity index (χ2v) is 3.68. The van der Waals surface area contributed by atoms with Crippen molar-refractivity contribution in [2.24, 2.45) is 11.7 Å². The first-order valence-electron chi connectivity index (χ1n) is 5.10. The molecule has 1 aromatic carbocycles. The van der Waals surface area contributed by atoms with Gasteiger partial charge in [0.15, 0.2) is 0 Å². The third-order valence-electron chi connectivity index (χ3n) is 2.25. The Morgan fingerprint density at radius 3 is 2.59 bits per heavy atom. The molecule has 0 spiro atoms. The molecule has 3 nitrogen and oxygen atoms in total. The van der Waals surface area contributed by atoms with Crippen molar-refractivity contribution in [2.75, 3.05) is 13.2 Å². The van der Waals surface area contributed by atoms with Gasteiger partial charge in [0.05, 0.1) is 0 Å². The van der Waals surface area contributed by atoms with Crippen LogP contribution in [0.3, 0.4) is 0 Å². The van der Waals surface area contributed by atoms with Gasteiger partial charge in [0.25, 0.3) is 0 Å². The second kappa shape index (κ2) is 5.88. The minimum atomic E-state index is -4.69. The Bertz CT molecular complexity index is 351. The summed E-state index contributed by atoms with van der Waals surface area (Å²) in [5, 5.41) is 8.95. The van der Waals surface area contributed by atoms with E-state index in [4.69, 9.17) is 10.8 Å². The van der Waals surface area contributed by atoms with Crippen molar-refractivity contribution in [1.29, 1.82) is 0 Å². The van der Waals surface area contributed by atoms with E-state index in [-0.39, 0.29) is 24.8 Å². The van der Waals surface area contributed by atoms with E-state index in [1.807, 2.05) is 0 Å². The number of hydrogen-bond acceptors (Lipinski definition) is 3. The average Bonchev–Trinajstić information content (AvgIpc) is 2.24. The predicted octanol–water partition coefficient (Wildman–Crippen LogP) is 1.69. The summed E-state index contributed by atoms with van der Waals surface area (Å²) in [5.41, 5.74) is 6.05. The lowest BCUT2D eigenvalue weighted by molar-refractivity contribution is -0.274. The van der Waals surface area contributed by atoms with Gasteiger partial charge in [0.1, 0.15) is 5.75 Å². The molecule has 0 heterocycles. The smallest absolute Gasteiger partial charge is 0.406 e. The third kappa shape index (κ3) is 5.06. The van der Waals surface area contributed by atoms with E-state index in [1.165, 1.54) is 18.2 Å². The molecule has 0 aliphatic rings. The summed E-state index contributed by atoms with van der Waals surface area (Å²) in [6.07, 6.45) is -4.27. The molecule has 0 fully saturated rings. The van der Waals surface area contributed by atoms with Gasteiger partial charge in [-0.15, -0.1) is 13.2 Å². The monoisotopic (exact) mass is 249 g/mol. The summed E-state index contributed by atoms with van der Waals surface area (Å²) in [6, 6.07) is 5.67. The molecular weight excluding hydrogens is 235 g/mol. The molecule has 0 aliphatic heterocycles. The lowest BCUT2D eigenvalue weighted by Crippen LogP contribution is -2.20. The van der Waals surface area contributed by atoms with Gasteiger partial charge in [0, 0.05) is 6.61 Å². The van der Waals surface area contributed by atoms with E-state index in [2.05, 4.69) is 4.74 Å². The van der Waals surface area contributed by atoms with Crippen molar-refractivity contribution >= 4 is 0 Å². The van der Waals surface area contributed by atoms with Gasteiger partial charge in [-0.05, 0) is 36.6 Å². The second-order valence-electron chi connectivity index (χ2n) is 3.68. The third-order valence-corrected chi connectivity index (χ3v) is 2.25. The summed E-state index contributed by atoms with van der Waals surface area (Å²) in [5.74, 6) is -0.417. The number of halogens is 3. The van der Waals surface area contributed by atoms with E-state index in [0.717, 1.165) is 0 Å². The van der Waals surface area contributed by atoms with Gasteiger partial charge in [-0.1, -0.05) is 12.1 Å². The standard InChI is InChI=1S/C11H14F3NO2/c12-11(13,14)17-10-3-1-2-8(5-10)4-9(6-15)7-16/h1-3,5,9,16H,4,6-7,15H2/t9-/m0/s1. The Balaban J connectivity index is 2.72. The highest BCUT2D eigenvalue weighted by Crippen LogP contribution is 2.24. The lowest BCUT2D eigenvalue weighted by atomic mass is 10.0. The summed E-state index contributed by atoms with van der Waals surface area (Å²) < 4.78 is 39.8. The largest absolute Gasteiger partial charge is 0.573 e. The maximum absolute atomic E-state index is 12.0. The van der Waals surface area contributed by atoms with E-state index >= 15 is 0 Å². The summed E-state index contributed by atoms with van der Waals surface area (Å²) in [7, 11) is 0. The highest BCUT2D eigenvalue weighted by Gasteiger charge is 2.31. The number of aliphatic hydroxyl groups is 1. The summed E-state index contributed by atoms with van der Waals surface area (Å²) in [4.78, 5) is 0. The molecule has 0 aliphatic carbocycles. The number of aliphatic hydroxyl groups excluding tert-OH is 1. The van der Waals surface area contributed by atoms with Gasteiger partial charge < -0.3 is 15.6 Å². The van der Waals surface area contributed by atoms with Gasteiger partial charge in [-0.25, -0.2) is 0 Å². The van der Waals surface area contributed by atoms with Gasteiger partial charge in [-0.3, -0.25) is 0 Å². The molecule has 17 heavy (non-hydrogen) atoms. The fraction of sp³-hybridized carbons (Fsp3) is 0.455. The van der Waals surface area contributed by atoms with Crippen LogP contribution in [0, 0.1) is 5.92 Å². The van der Waals surface area contributed by atoms with Crippen LogP contribution in [-0.2, 0) is 6.42 Å². The van der Waals surface area contributed by atoms with Crippen LogP contribution in [0.15, 0.2) is 24.3 Å². The Morgan fingerprint density at radius 2 is 2.06 bits per heavy atom. The number of ether oxygens (including phenoxy) is 1. The van der Waals surface area contributed by atoms with E-state index in [1.54, 1.807) is 6.07 Å². The molecular formula is C11H14F3NO2. The molecule has 0 radical (unpaired) electrons. The number of benzene rings is 1. The van der Waals surface area contributed by atoms with Gasteiger partial charge in [-0.2, -0.15) is 0 Å². The molecule has 1 atom stereocenters. The van der Waals surface area contributed by atoms with E-state index in [9.17, 15) is 13.2 Å². The molecule has 0 amide bonds. The average molecular weight is 249 g/mol. The first kappa shape index (κ1) is 13.8. The number of alkyl halides is 3. The Labute approximate surface area is 97.0 Å². The molecule has 0 saturated heterocycles. The van der Waals surface area contributed by atoms with Crippen LogP contribution >= 0.6 is 0 Å². The van der Waals surface area contributed by atoms with Crippen LogP contribution in [0.2, 0.25) is 0 Å². The van der Waals surface area contributed by atoms with E-state index in [0.29, 0.717) is 12.0 Å². The Hall–Kier alpha value is -1.27. The predicted molar refractivity (Wildman–Crippen MR) is 56.5 cm³/mol. The van der Waals surface area contributed by atoms with Crippen LogP contribution in [0.25, 0.3) is 0 Å². The molecule has 3 N–H and O–H groups in total. The first-order valence-corrected chi connectivity index (χ1v) is 5.10. The van der Waals surface area contributed by atoms with Crippen LogP contribution in [0.4, 0.5) is 13.2 Å². The van der Waals surface area contributed by atoms with E-state index < -0.39 is 6.36 Å². The molecule has 0 bridgehead atoms. The molecule has 0 aromatic heterocycles. The zero-order chi connectivity index (χ0) is 12.9. The summed E-state index contributed by atoms with van der Waals surface area (Å²) in [6.45, 7) is 0.182. The highest BCUT2D eigenvalue weighted by molar-refractivity contribution is 5.29. The lowest BCUT2D eigenvalue weighted by Gasteiger charge is -2.13. The number of hydrogen-bond donors (Lipinski definition) is 2. The van der Waals surface area contributed by atoms with Crippen molar-refractivity contribution in [3.63, 3.8) is 0 Å². The SMILES string of the molecule is NC[C@@H](CO)Cc1cccc(OC(F)(F)F)c1. The van der Waals surface area contributed by atoms with Crippen LogP contribution in [0.5, 0.6) is 5.75 Å². The minimum Gasteiger partial charge on any atom is -0.406 e. The normalized spacial score (nSPS) is 13.5. The number of rotatable bonds is 5. The number of nitrogens with two attached hydrogens (primary N) is 1. The fourth-order valence-corrected chi connectivity index (χ4v) is 1.43. The molecule has 0 saturated carbocycles. The maximum Gasteiger partial charge on any atom is 0.573 e. The molecule has 1 aromatic rings. The van der Waals surface area contributed by atoms with Crippen molar-refractivity contribution in [1.82, 2.24) is 0 Å². The van der Waals surface area contributed by atoms with Crippen molar-refractivity contribution in [3.8, 4) is 5.75 Å². The minimum absolute atomic E-state index is 0.0964. The van der Waals surface area contributed by atoms with Crippen molar-refractivity contribution in [3.05, 3.63) is 29.8 Å².